The number of nitrogens with zero attached hydrogens (tertiary/aromatic N) is 1. The fourth-order valence-electron chi connectivity index (χ4n) is 2.65. The van der Waals surface area contributed by atoms with Crippen LogP contribution in [0.3, 0.4) is 0 Å². The molecule has 1 fully saturated rings. The average Bonchev–Trinajstić information content (AvgIpc) is 3.22. The van der Waals surface area contributed by atoms with Crippen molar-refractivity contribution in [3.05, 3.63) is 48.0 Å². The minimum absolute atomic E-state index is 0.170. The summed E-state index contributed by atoms with van der Waals surface area (Å²) in [7, 11) is 0. The molecule has 2 heteroatoms. The average molecular weight is 253 g/mol. The van der Waals surface area contributed by atoms with Gasteiger partial charge in [-0.25, -0.2) is 0 Å². The summed E-state index contributed by atoms with van der Waals surface area (Å²) in [6.07, 6.45) is 2.30. The number of amides is 1. The lowest BCUT2D eigenvalue weighted by atomic mass is 10.1. The second kappa shape index (κ2) is 4.69. The third-order valence-electron chi connectivity index (χ3n) is 3.73. The van der Waals surface area contributed by atoms with E-state index in [9.17, 15) is 4.79 Å². The molecule has 0 saturated heterocycles. The first-order chi connectivity index (χ1) is 9.16. The summed E-state index contributed by atoms with van der Waals surface area (Å²) in [5.74, 6) is 0.170. The van der Waals surface area contributed by atoms with Crippen molar-refractivity contribution in [2.24, 2.45) is 0 Å². The van der Waals surface area contributed by atoms with E-state index in [0.717, 1.165) is 23.8 Å². The van der Waals surface area contributed by atoms with Gasteiger partial charge in [0.25, 0.3) is 5.91 Å². The number of benzene rings is 2. The number of fused-ring (bicyclic) bond motifs is 1. The van der Waals surface area contributed by atoms with Gasteiger partial charge in [0.2, 0.25) is 0 Å². The van der Waals surface area contributed by atoms with Crippen molar-refractivity contribution in [2.75, 3.05) is 0 Å². The molecule has 2 aromatic rings. The number of carbonyl (C=O) groups is 1. The molecular weight excluding hydrogens is 234 g/mol. The van der Waals surface area contributed by atoms with E-state index in [1.165, 1.54) is 5.39 Å². The van der Waals surface area contributed by atoms with E-state index >= 15 is 0 Å². The first-order valence-corrected chi connectivity index (χ1v) is 6.98. The molecule has 1 saturated carbocycles. The first kappa shape index (κ1) is 12.2. The Bertz CT molecular complexity index is 611. The molecule has 0 spiro atoms. The second-order valence-corrected chi connectivity index (χ2v) is 5.60. The highest BCUT2D eigenvalue weighted by atomic mass is 16.2. The van der Waals surface area contributed by atoms with Crippen molar-refractivity contribution in [1.82, 2.24) is 4.90 Å². The van der Waals surface area contributed by atoms with Gasteiger partial charge in [-0.05, 0) is 49.6 Å². The van der Waals surface area contributed by atoms with Crippen LogP contribution in [0.25, 0.3) is 10.8 Å². The van der Waals surface area contributed by atoms with Gasteiger partial charge in [0.1, 0.15) is 0 Å². The highest BCUT2D eigenvalue weighted by Gasteiger charge is 2.34. The maximum Gasteiger partial charge on any atom is 0.254 e. The van der Waals surface area contributed by atoms with Gasteiger partial charge in [-0.15, -0.1) is 0 Å². The van der Waals surface area contributed by atoms with Crippen LogP contribution in [0.15, 0.2) is 42.5 Å². The largest absolute Gasteiger partial charge is 0.333 e. The zero-order valence-electron chi connectivity index (χ0n) is 11.5. The molecule has 0 unspecified atom stereocenters. The predicted octanol–water partition coefficient (Wildman–Crippen LogP) is 3.85. The SMILES string of the molecule is CC(C)N(C(=O)c1ccc2ccccc2c1)C1CC1. The van der Waals surface area contributed by atoms with Crippen LogP contribution in [0.2, 0.25) is 0 Å². The fraction of sp³-hybridized carbons (Fsp3) is 0.353. The maximum absolute atomic E-state index is 12.6. The van der Waals surface area contributed by atoms with Gasteiger partial charge in [0.15, 0.2) is 0 Å². The molecular formula is C17H19NO. The van der Waals surface area contributed by atoms with E-state index in [0.29, 0.717) is 6.04 Å². The smallest absolute Gasteiger partial charge is 0.254 e. The van der Waals surface area contributed by atoms with Crippen LogP contribution in [0.1, 0.15) is 37.0 Å². The van der Waals surface area contributed by atoms with Gasteiger partial charge in [-0.2, -0.15) is 0 Å². The molecule has 0 aliphatic heterocycles. The van der Waals surface area contributed by atoms with Gasteiger partial charge in [-0.3, -0.25) is 4.79 Å². The molecule has 2 nitrogen and oxygen atoms in total. The first-order valence-electron chi connectivity index (χ1n) is 6.98. The van der Waals surface area contributed by atoms with Crippen molar-refractivity contribution in [3.63, 3.8) is 0 Å². The van der Waals surface area contributed by atoms with E-state index < -0.39 is 0 Å². The highest BCUT2D eigenvalue weighted by Crippen LogP contribution is 2.30. The molecule has 1 aliphatic rings. The van der Waals surface area contributed by atoms with Crippen LogP contribution >= 0.6 is 0 Å². The third-order valence-corrected chi connectivity index (χ3v) is 3.73. The molecule has 0 heterocycles. The van der Waals surface area contributed by atoms with Crippen molar-refractivity contribution < 1.29 is 4.79 Å². The molecule has 1 aliphatic carbocycles. The Kier molecular flexibility index (Phi) is 3.02. The zero-order chi connectivity index (χ0) is 13.4. The van der Waals surface area contributed by atoms with E-state index in [1.54, 1.807) is 0 Å². The topological polar surface area (TPSA) is 20.3 Å². The predicted molar refractivity (Wildman–Crippen MR) is 78.3 cm³/mol. The number of hydrogen-bond donors (Lipinski definition) is 0. The van der Waals surface area contributed by atoms with Gasteiger partial charge in [-0.1, -0.05) is 30.3 Å². The van der Waals surface area contributed by atoms with Crippen molar-refractivity contribution in [2.45, 2.75) is 38.8 Å². The summed E-state index contributed by atoms with van der Waals surface area (Å²) >= 11 is 0. The molecule has 2 aromatic carbocycles. The normalized spacial score (nSPS) is 14.9. The maximum atomic E-state index is 12.6. The third kappa shape index (κ3) is 2.35. The van der Waals surface area contributed by atoms with Crippen LogP contribution < -0.4 is 0 Å². The van der Waals surface area contributed by atoms with Crippen LogP contribution in [0, 0.1) is 0 Å². The van der Waals surface area contributed by atoms with Crippen LogP contribution in [-0.2, 0) is 0 Å². The summed E-state index contributed by atoms with van der Waals surface area (Å²) in [5.41, 5.74) is 0.805. The van der Waals surface area contributed by atoms with E-state index in [4.69, 9.17) is 0 Å². The lowest BCUT2D eigenvalue weighted by molar-refractivity contribution is 0.0690. The minimum Gasteiger partial charge on any atom is -0.333 e. The molecule has 98 valence electrons. The molecule has 19 heavy (non-hydrogen) atoms. The van der Waals surface area contributed by atoms with Gasteiger partial charge in [0, 0.05) is 17.6 Å². The lowest BCUT2D eigenvalue weighted by Crippen LogP contribution is -2.38. The summed E-state index contributed by atoms with van der Waals surface area (Å²) in [5, 5.41) is 2.31. The summed E-state index contributed by atoms with van der Waals surface area (Å²) in [6.45, 7) is 4.19. The monoisotopic (exact) mass is 253 g/mol. The Morgan fingerprint density at radius 2 is 1.79 bits per heavy atom. The Labute approximate surface area is 114 Å². The molecule has 1 amide bonds. The van der Waals surface area contributed by atoms with E-state index in [2.05, 4.69) is 26.0 Å². The van der Waals surface area contributed by atoms with Crippen LogP contribution in [-0.4, -0.2) is 22.9 Å². The highest BCUT2D eigenvalue weighted by molar-refractivity contribution is 5.99. The van der Waals surface area contributed by atoms with Crippen LogP contribution in [0.5, 0.6) is 0 Å². The van der Waals surface area contributed by atoms with E-state index in [1.807, 2.05) is 35.2 Å². The second-order valence-electron chi connectivity index (χ2n) is 5.60. The van der Waals surface area contributed by atoms with E-state index in [-0.39, 0.29) is 11.9 Å². The Balaban J connectivity index is 1.96. The van der Waals surface area contributed by atoms with Gasteiger partial charge < -0.3 is 4.90 Å². The quantitative estimate of drug-likeness (QED) is 0.813. The summed E-state index contributed by atoms with van der Waals surface area (Å²) in [4.78, 5) is 14.7. The number of carbonyl (C=O) groups excluding carboxylic acids is 1. The van der Waals surface area contributed by atoms with Gasteiger partial charge >= 0.3 is 0 Å². The fourth-order valence-corrected chi connectivity index (χ4v) is 2.65. The number of rotatable bonds is 3. The Morgan fingerprint density at radius 1 is 1.11 bits per heavy atom. The molecule has 0 atom stereocenters. The minimum atomic E-state index is 0.170. The zero-order valence-corrected chi connectivity index (χ0v) is 11.5. The summed E-state index contributed by atoms with van der Waals surface area (Å²) < 4.78 is 0. The Hall–Kier alpha value is -1.83. The van der Waals surface area contributed by atoms with Crippen molar-refractivity contribution in [3.8, 4) is 0 Å². The van der Waals surface area contributed by atoms with Crippen molar-refractivity contribution in [1.29, 1.82) is 0 Å². The molecule has 0 bridgehead atoms. The standard InChI is InChI=1S/C17H19NO/c1-12(2)18(16-9-10-16)17(19)15-8-7-13-5-3-4-6-14(13)11-15/h3-8,11-12,16H,9-10H2,1-2H3. The number of hydrogen-bond acceptors (Lipinski definition) is 1. The lowest BCUT2D eigenvalue weighted by Gasteiger charge is -2.26. The molecule has 0 aromatic heterocycles. The molecule has 3 rings (SSSR count). The molecule has 0 radical (unpaired) electrons. The van der Waals surface area contributed by atoms with Gasteiger partial charge in [0.05, 0.1) is 0 Å². The summed E-state index contributed by atoms with van der Waals surface area (Å²) in [6, 6.07) is 14.9. The molecule has 0 N–H and O–H groups in total. The Morgan fingerprint density at radius 3 is 2.42 bits per heavy atom. The van der Waals surface area contributed by atoms with Crippen molar-refractivity contribution >= 4 is 16.7 Å². The van der Waals surface area contributed by atoms with Crippen LogP contribution in [0.4, 0.5) is 0 Å².